The first-order chi connectivity index (χ1) is 8.31. The summed E-state index contributed by atoms with van der Waals surface area (Å²) in [7, 11) is 0. The van der Waals surface area contributed by atoms with Crippen LogP contribution in [0.2, 0.25) is 5.02 Å². The predicted octanol–water partition coefficient (Wildman–Crippen LogP) is 2.65. The van der Waals surface area contributed by atoms with Crippen molar-refractivity contribution in [2.24, 2.45) is 5.84 Å². The Balaban J connectivity index is 2.71. The number of hydrogen-bond donors (Lipinski definition) is 3. The van der Waals surface area contributed by atoms with Crippen molar-refractivity contribution < 1.29 is 9.53 Å². The van der Waals surface area contributed by atoms with Crippen LogP contribution in [0.1, 0.15) is 26.3 Å². The van der Waals surface area contributed by atoms with Gasteiger partial charge in [0.15, 0.2) is 0 Å². The fourth-order valence-electron chi connectivity index (χ4n) is 1.30. The molecule has 0 aliphatic carbocycles. The molecule has 0 fully saturated rings. The monoisotopic (exact) mass is 271 g/mol. The molecule has 0 spiro atoms. The zero-order valence-corrected chi connectivity index (χ0v) is 11.5. The molecule has 0 aromatic heterocycles. The first-order valence-electron chi connectivity index (χ1n) is 5.54. The maximum absolute atomic E-state index is 11.6. The van der Waals surface area contributed by atoms with Crippen molar-refractivity contribution in [1.82, 2.24) is 5.43 Å². The van der Waals surface area contributed by atoms with Crippen molar-refractivity contribution in [1.29, 1.82) is 0 Å². The van der Waals surface area contributed by atoms with Crippen molar-refractivity contribution in [2.75, 3.05) is 5.32 Å². The van der Waals surface area contributed by atoms with Crippen LogP contribution in [-0.2, 0) is 11.3 Å². The summed E-state index contributed by atoms with van der Waals surface area (Å²) in [5, 5.41) is 3.03. The number of hydrazine groups is 1. The lowest BCUT2D eigenvalue weighted by Gasteiger charge is -2.20. The lowest BCUT2D eigenvalue weighted by Crippen LogP contribution is -2.27. The number of amides is 1. The third kappa shape index (κ3) is 4.91. The summed E-state index contributed by atoms with van der Waals surface area (Å²) >= 11 is 6.04. The molecule has 0 heterocycles. The molecule has 0 saturated carbocycles. The number of halogens is 1. The van der Waals surface area contributed by atoms with E-state index < -0.39 is 11.7 Å². The second kappa shape index (κ2) is 6.04. The number of benzene rings is 1. The molecule has 0 unspecified atom stereocenters. The third-order valence-electron chi connectivity index (χ3n) is 1.98. The summed E-state index contributed by atoms with van der Waals surface area (Å²) in [6.07, 6.45) is -0.533. The average Bonchev–Trinajstić information content (AvgIpc) is 2.20. The minimum Gasteiger partial charge on any atom is -0.444 e. The van der Waals surface area contributed by atoms with Crippen molar-refractivity contribution in [3.63, 3.8) is 0 Å². The average molecular weight is 272 g/mol. The summed E-state index contributed by atoms with van der Waals surface area (Å²) < 4.78 is 5.13. The van der Waals surface area contributed by atoms with Gasteiger partial charge in [-0.3, -0.25) is 16.6 Å². The molecule has 0 bridgehead atoms. The van der Waals surface area contributed by atoms with Crippen LogP contribution in [0.3, 0.4) is 0 Å². The molecule has 1 rings (SSSR count). The Kier molecular flexibility index (Phi) is 4.95. The van der Waals surface area contributed by atoms with E-state index in [1.807, 2.05) is 6.07 Å². The summed E-state index contributed by atoms with van der Waals surface area (Å²) in [6.45, 7) is 5.89. The Morgan fingerprint density at radius 1 is 1.44 bits per heavy atom. The van der Waals surface area contributed by atoms with Gasteiger partial charge in [-0.2, -0.15) is 0 Å². The maximum Gasteiger partial charge on any atom is 0.412 e. The van der Waals surface area contributed by atoms with Crippen LogP contribution < -0.4 is 16.6 Å². The van der Waals surface area contributed by atoms with Gasteiger partial charge in [-0.15, -0.1) is 0 Å². The van der Waals surface area contributed by atoms with Gasteiger partial charge >= 0.3 is 6.09 Å². The SMILES string of the molecule is CC(C)(C)OC(=O)Nc1ccc(CNN)cc1Cl. The van der Waals surface area contributed by atoms with Crippen molar-refractivity contribution >= 4 is 23.4 Å². The van der Waals surface area contributed by atoms with Gasteiger partial charge in [0.1, 0.15) is 5.60 Å². The fourth-order valence-corrected chi connectivity index (χ4v) is 1.55. The van der Waals surface area contributed by atoms with Crippen LogP contribution >= 0.6 is 11.6 Å². The zero-order valence-electron chi connectivity index (χ0n) is 10.7. The van der Waals surface area contributed by atoms with Gasteiger partial charge in [0.05, 0.1) is 10.7 Å². The van der Waals surface area contributed by atoms with Crippen LogP contribution in [0.15, 0.2) is 18.2 Å². The highest BCUT2D eigenvalue weighted by atomic mass is 35.5. The van der Waals surface area contributed by atoms with Crippen LogP contribution in [0.4, 0.5) is 10.5 Å². The molecule has 100 valence electrons. The number of anilines is 1. The van der Waals surface area contributed by atoms with E-state index in [-0.39, 0.29) is 0 Å². The van der Waals surface area contributed by atoms with Gasteiger partial charge in [0, 0.05) is 6.54 Å². The Hall–Kier alpha value is -1.30. The normalized spacial score (nSPS) is 11.2. The summed E-state index contributed by atoms with van der Waals surface area (Å²) in [6, 6.07) is 5.26. The van der Waals surface area contributed by atoms with E-state index in [2.05, 4.69) is 10.7 Å². The van der Waals surface area contributed by atoms with E-state index in [9.17, 15) is 4.79 Å². The Morgan fingerprint density at radius 3 is 2.61 bits per heavy atom. The highest BCUT2D eigenvalue weighted by Crippen LogP contribution is 2.23. The second-order valence-electron chi connectivity index (χ2n) is 4.82. The first kappa shape index (κ1) is 14.8. The highest BCUT2D eigenvalue weighted by Gasteiger charge is 2.16. The van der Waals surface area contributed by atoms with Gasteiger partial charge in [0.25, 0.3) is 0 Å². The summed E-state index contributed by atoms with van der Waals surface area (Å²) in [4.78, 5) is 11.6. The van der Waals surface area contributed by atoms with E-state index in [0.29, 0.717) is 17.3 Å². The molecule has 0 atom stereocenters. The van der Waals surface area contributed by atoms with Crippen LogP contribution in [0, 0.1) is 0 Å². The molecule has 18 heavy (non-hydrogen) atoms. The molecular formula is C12H18ClN3O2. The van der Waals surface area contributed by atoms with E-state index >= 15 is 0 Å². The van der Waals surface area contributed by atoms with Crippen molar-refractivity contribution in [2.45, 2.75) is 32.9 Å². The number of rotatable bonds is 3. The van der Waals surface area contributed by atoms with Crippen LogP contribution in [0.5, 0.6) is 0 Å². The van der Waals surface area contributed by atoms with E-state index in [1.165, 1.54) is 0 Å². The van der Waals surface area contributed by atoms with Gasteiger partial charge in [-0.25, -0.2) is 4.79 Å². The van der Waals surface area contributed by atoms with E-state index in [4.69, 9.17) is 22.2 Å². The van der Waals surface area contributed by atoms with Gasteiger partial charge in [0.2, 0.25) is 0 Å². The molecule has 1 aromatic rings. The predicted molar refractivity (Wildman–Crippen MR) is 72.3 cm³/mol. The molecule has 0 aliphatic heterocycles. The lowest BCUT2D eigenvalue weighted by molar-refractivity contribution is 0.0636. The summed E-state index contributed by atoms with van der Waals surface area (Å²) in [5.74, 6) is 5.22. The van der Waals surface area contributed by atoms with Gasteiger partial charge in [-0.05, 0) is 38.5 Å². The van der Waals surface area contributed by atoms with E-state index in [0.717, 1.165) is 5.56 Å². The number of nitrogens with two attached hydrogens (primary N) is 1. The molecule has 0 radical (unpaired) electrons. The number of ether oxygens (including phenoxy) is 1. The largest absolute Gasteiger partial charge is 0.444 e. The zero-order chi connectivity index (χ0) is 13.8. The molecule has 5 nitrogen and oxygen atoms in total. The minimum absolute atomic E-state index is 0.439. The Labute approximate surface area is 112 Å². The van der Waals surface area contributed by atoms with E-state index in [1.54, 1.807) is 32.9 Å². The van der Waals surface area contributed by atoms with Gasteiger partial charge in [-0.1, -0.05) is 17.7 Å². The maximum atomic E-state index is 11.6. The standard InChI is InChI=1S/C12H18ClN3O2/c1-12(2,3)18-11(17)16-10-5-4-8(7-15-14)6-9(10)13/h4-6,15H,7,14H2,1-3H3,(H,16,17). The van der Waals surface area contributed by atoms with Crippen LogP contribution in [0.25, 0.3) is 0 Å². The summed E-state index contributed by atoms with van der Waals surface area (Å²) in [5.41, 5.74) is 3.42. The Morgan fingerprint density at radius 2 is 2.11 bits per heavy atom. The number of carbonyl (C=O) groups is 1. The molecule has 0 aliphatic rings. The smallest absolute Gasteiger partial charge is 0.412 e. The van der Waals surface area contributed by atoms with Gasteiger partial charge < -0.3 is 4.74 Å². The molecule has 1 amide bonds. The molecule has 4 N–H and O–H groups in total. The minimum atomic E-state index is -0.542. The topological polar surface area (TPSA) is 76.4 Å². The van der Waals surface area contributed by atoms with Crippen molar-refractivity contribution in [3.8, 4) is 0 Å². The molecule has 6 heteroatoms. The lowest BCUT2D eigenvalue weighted by atomic mass is 10.2. The van der Waals surface area contributed by atoms with Crippen LogP contribution in [-0.4, -0.2) is 11.7 Å². The molecule has 0 saturated heterocycles. The highest BCUT2D eigenvalue weighted by molar-refractivity contribution is 6.33. The van der Waals surface area contributed by atoms with Crippen molar-refractivity contribution in [3.05, 3.63) is 28.8 Å². The molecular weight excluding hydrogens is 254 g/mol. The second-order valence-corrected chi connectivity index (χ2v) is 5.23. The number of hydrogen-bond acceptors (Lipinski definition) is 4. The quantitative estimate of drug-likeness (QED) is 0.583. The fraction of sp³-hybridized carbons (Fsp3) is 0.417. The molecule has 1 aromatic carbocycles. The first-order valence-corrected chi connectivity index (χ1v) is 5.91. The third-order valence-corrected chi connectivity index (χ3v) is 2.29. The number of nitrogens with one attached hydrogen (secondary N) is 2. The Bertz CT molecular complexity index is 430. The number of carbonyl (C=O) groups excluding carboxylic acids is 1.